The molecule has 0 atom stereocenters. The molecular weight excluding hydrogens is 462 g/mol. The summed E-state index contributed by atoms with van der Waals surface area (Å²) in [5.41, 5.74) is 0. The van der Waals surface area contributed by atoms with Crippen LogP contribution in [0.15, 0.2) is 0 Å². The van der Waals surface area contributed by atoms with Crippen LogP contribution in [0, 0.1) is 0 Å². The van der Waals surface area contributed by atoms with Crippen molar-refractivity contribution in [1.29, 1.82) is 0 Å². The van der Waals surface area contributed by atoms with Gasteiger partial charge in [0, 0.05) is 0 Å². The van der Waals surface area contributed by atoms with Crippen LogP contribution in [0.1, 0.15) is 1.43 Å². The van der Waals surface area contributed by atoms with Crippen LogP contribution in [-0.4, -0.2) is 35.6 Å². The zero-order valence-electron chi connectivity index (χ0n) is 6.46. The van der Waals surface area contributed by atoms with E-state index in [1.807, 2.05) is 0 Å². The van der Waals surface area contributed by atoms with Crippen LogP contribution in [0.3, 0.4) is 0 Å². The molecule has 7 nitrogen and oxygen atoms in total. The first-order chi connectivity index (χ1) is 3.71. The summed E-state index contributed by atoms with van der Waals surface area (Å²) in [4.78, 5) is 0. The monoisotopic (exact) mass is 468 g/mol. The van der Waals surface area contributed by atoms with E-state index in [4.69, 9.17) is 8.32 Å². The molecule has 0 aromatic heterocycles. The summed E-state index contributed by atoms with van der Waals surface area (Å²) in [6, 6.07) is 0. The molecule has 0 spiro atoms. The van der Waals surface area contributed by atoms with Crippen LogP contribution in [0.2, 0.25) is 0 Å². The maximum atomic E-state index is 9.53. The second kappa shape index (κ2) is 7.06. The fourth-order valence-electron chi connectivity index (χ4n) is 0.109. The molecule has 0 aliphatic rings. The summed E-state index contributed by atoms with van der Waals surface area (Å²) in [6.45, 7) is 0. The summed E-state index contributed by atoms with van der Waals surface area (Å²) >= 11 is -11.5. The van der Waals surface area contributed by atoms with Gasteiger partial charge >= 0.3 is 132 Å². The van der Waals surface area contributed by atoms with Crippen LogP contribution in [-0.2, 0) is 45.3 Å². The fraction of sp³-hybridized carbons (Fsp3) is 0. The van der Waals surface area contributed by atoms with Gasteiger partial charge < -0.3 is 1.43 Å². The number of hydrogen-bond acceptors (Lipinski definition) is 5. The minimum atomic E-state index is -5.76. The third kappa shape index (κ3) is 19.2. The van der Waals surface area contributed by atoms with Gasteiger partial charge in [0.25, 0.3) is 0 Å². The van der Waals surface area contributed by atoms with Crippen molar-refractivity contribution in [3.63, 3.8) is 0 Å². The molecule has 0 rings (SSSR count). The molecule has 2 N–H and O–H groups in total. The van der Waals surface area contributed by atoms with Crippen LogP contribution in [0.4, 0.5) is 0 Å². The predicted molar refractivity (Wildman–Crippen MR) is 17.9 cm³/mol. The molecule has 0 aliphatic heterocycles. The predicted octanol–water partition coefficient (Wildman–Crippen LogP) is -5.46. The van der Waals surface area contributed by atoms with E-state index < -0.39 is 27.2 Å². The minimum absolute atomic E-state index is 0. The van der Waals surface area contributed by atoms with Crippen molar-refractivity contribution in [2.75, 3.05) is 0 Å². The van der Waals surface area contributed by atoms with Crippen molar-refractivity contribution in [1.82, 2.24) is 0 Å². The standard InChI is InChI=1S/2Cr.K.2H2O.5O.Pb.3H/h;;;2*1H2;;;;;;;;;/q3*+1;;;;;;;;;;;-1/p-2. The summed E-state index contributed by atoms with van der Waals surface area (Å²) in [5.74, 6) is 0. The second-order valence-corrected chi connectivity index (χ2v) is 4.68. The van der Waals surface area contributed by atoms with Gasteiger partial charge in [-0.3, -0.25) is 0 Å². The summed E-state index contributed by atoms with van der Waals surface area (Å²) < 4.78 is 56.3. The van der Waals surface area contributed by atoms with Gasteiger partial charge in [-0.15, -0.1) is 0 Å². The topological polar surface area (TPSA) is 118 Å². The normalized spacial score (nSPS) is 11.1. The van der Waals surface area contributed by atoms with Gasteiger partial charge in [-0.1, -0.05) is 0 Å². The molecule has 0 aliphatic carbocycles. The average molecular weight is 467 g/mol. The number of rotatable bonds is 2. The number of hydrogen-bond donors (Lipinski definition) is 2. The van der Waals surface area contributed by atoms with E-state index in [2.05, 4.69) is 2.84 Å². The van der Waals surface area contributed by atoms with Crippen molar-refractivity contribution < 1.29 is 106 Å². The van der Waals surface area contributed by atoms with Crippen molar-refractivity contribution in [3.8, 4) is 0 Å². The molecule has 11 heavy (non-hydrogen) atoms. The van der Waals surface area contributed by atoms with E-state index in [-0.39, 0.29) is 80.1 Å². The molecule has 0 amide bonds. The second-order valence-electron chi connectivity index (χ2n) is 0.924. The van der Waals surface area contributed by atoms with Crippen molar-refractivity contribution in [2.24, 2.45) is 0 Å². The molecular formula is H5Cr2KO7Pb. The van der Waals surface area contributed by atoms with E-state index in [9.17, 15) is 15.2 Å². The van der Waals surface area contributed by atoms with Crippen LogP contribution in [0.5, 0.6) is 0 Å². The first kappa shape index (κ1) is 19.3. The van der Waals surface area contributed by atoms with Crippen molar-refractivity contribution in [2.45, 2.75) is 0 Å². The van der Waals surface area contributed by atoms with E-state index in [0.717, 1.165) is 0 Å². The summed E-state index contributed by atoms with van der Waals surface area (Å²) in [5, 5.41) is 0. The van der Waals surface area contributed by atoms with Gasteiger partial charge in [0.2, 0.25) is 0 Å². The Morgan fingerprint density at radius 2 is 1.18 bits per heavy atom. The Balaban J connectivity index is -0.000000107. The van der Waals surface area contributed by atoms with Gasteiger partial charge in [0.15, 0.2) is 0 Å². The first-order valence-corrected chi connectivity index (χ1v) is 5.63. The van der Waals surface area contributed by atoms with Crippen molar-refractivity contribution >= 4 is 27.3 Å². The molecule has 0 saturated carbocycles. The third-order valence-corrected chi connectivity index (χ3v) is 2.92. The Morgan fingerprint density at radius 3 is 1.18 bits per heavy atom. The van der Waals surface area contributed by atoms with Crippen LogP contribution in [0.25, 0.3) is 0 Å². The summed E-state index contributed by atoms with van der Waals surface area (Å²) in [6.07, 6.45) is 0. The zero-order chi connectivity index (χ0) is 7.71. The molecule has 64 valence electrons. The third-order valence-electron chi connectivity index (χ3n) is 0.172. The van der Waals surface area contributed by atoms with Gasteiger partial charge in [-0.2, -0.15) is 0 Å². The Morgan fingerprint density at radius 1 is 1.00 bits per heavy atom. The van der Waals surface area contributed by atoms with E-state index in [0.29, 0.717) is 0 Å². The zero-order valence-corrected chi connectivity index (χ0v) is 16.6. The van der Waals surface area contributed by atoms with Gasteiger partial charge in [-0.05, 0) is 0 Å². The first-order valence-electron chi connectivity index (χ1n) is 1.37. The molecule has 0 bridgehead atoms. The SMILES string of the molecule is [H-].[K+].[O]=[Cr](=[O])([OH])[O][Cr](=[O])(=[O])[OH].[PbH2]. The molecule has 11 heteroatoms. The van der Waals surface area contributed by atoms with Crippen molar-refractivity contribution in [3.05, 3.63) is 0 Å². The van der Waals surface area contributed by atoms with E-state index >= 15 is 0 Å². The Labute approximate surface area is 131 Å². The maximum absolute atomic E-state index is 9.53. The van der Waals surface area contributed by atoms with E-state index in [1.165, 1.54) is 0 Å². The molecule has 0 fully saturated rings. The molecule has 0 aromatic rings. The molecule has 0 saturated heterocycles. The Bertz CT molecular complexity index is 247. The van der Waals surface area contributed by atoms with Crippen LogP contribution >= 0.6 is 0 Å². The molecule has 2 radical (unpaired) electrons. The quantitative estimate of drug-likeness (QED) is 0.390. The average Bonchev–Trinajstić information content (AvgIpc) is 1.14. The molecule has 0 heterocycles. The van der Waals surface area contributed by atoms with Gasteiger partial charge in [-0.25, -0.2) is 0 Å². The Hall–Kier alpha value is 2.70. The van der Waals surface area contributed by atoms with Gasteiger partial charge in [0.1, 0.15) is 0 Å². The Kier molecular flexibility index (Phi) is 12.4. The molecule has 0 aromatic carbocycles. The van der Waals surface area contributed by atoms with Gasteiger partial charge in [0.05, 0.1) is 0 Å². The van der Waals surface area contributed by atoms with E-state index in [1.54, 1.807) is 0 Å². The fourth-order valence-corrected chi connectivity index (χ4v) is 1.85. The van der Waals surface area contributed by atoms with Crippen LogP contribution < -0.4 is 51.4 Å². The molecule has 0 unspecified atom stereocenters. The summed E-state index contributed by atoms with van der Waals surface area (Å²) in [7, 11) is 0.